The zero-order valence-electron chi connectivity index (χ0n) is 21.8. The van der Waals surface area contributed by atoms with Crippen LogP contribution in [-0.4, -0.2) is 25.2 Å². The van der Waals surface area contributed by atoms with Gasteiger partial charge in [-0.05, 0) is 80.4 Å². The Morgan fingerprint density at radius 3 is 2.00 bits per heavy atom. The lowest BCUT2D eigenvalue weighted by atomic mass is 10.1. The van der Waals surface area contributed by atoms with Gasteiger partial charge in [0.2, 0.25) is 0 Å². The average Bonchev–Trinajstić information content (AvgIpc) is 2.91. The van der Waals surface area contributed by atoms with Crippen molar-refractivity contribution in [3.63, 3.8) is 0 Å². The maximum absolute atomic E-state index is 13.3. The number of nitrogens with one attached hydrogen (secondary N) is 3. The summed E-state index contributed by atoms with van der Waals surface area (Å²) in [6.07, 6.45) is 0. The van der Waals surface area contributed by atoms with Crippen LogP contribution in [0.25, 0.3) is 0 Å². The molecule has 4 aromatic carbocycles. The summed E-state index contributed by atoms with van der Waals surface area (Å²) < 4.78 is 5.88. The monoisotopic (exact) mass is 508 g/mol. The second-order valence-electron chi connectivity index (χ2n) is 9.00. The van der Waals surface area contributed by atoms with Crippen LogP contribution in [0.2, 0.25) is 0 Å². The Morgan fingerprint density at radius 1 is 0.711 bits per heavy atom. The highest BCUT2D eigenvalue weighted by Gasteiger charge is 2.17. The SMILES string of the molecule is Cc1ccc(NC(=O)N(CCNC(=O)Nc2c(C)cccc2C)c2ccc(Oc3ccccc3)cc2)cc1. The highest BCUT2D eigenvalue weighted by Crippen LogP contribution is 2.25. The Morgan fingerprint density at radius 2 is 1.34 bits per heavy atom. The predicted molar refractivity (Wildman–Crippen MR) is 153 cm³/mol. The topological polar surface area (TPSA) is 82.7 Å². The number of carbonyl (C=O) groups excluding carboxylic acids is 2. The fraction of sp³-hybridized carbons (Fsp3) is 0.161. The summed E-state index contributed by atoms with van der Waals surface area (Å²) >= 11 is 0. The molecule has 0 aliphatic carbocycles. The number of hydrogen-bond donors (Lipinski definition) is 3. The van der Waals surface area contributed by atoms with Crippen LogP contribution in [0.5, 0.6) is 11.5 Å². The van der Waals surface area contributed by atoms with Gasteiger partial charge in [0.1, 0.15) is 11.5 Å². The number of nitrogens with zero attached hydrogens (tertiary/aromatic N) is 1. The van der Waals surface area contributed by atoms with Crippen molar-refractivity contribution in [2.45, 2.75) is 20.8 Å². The third-order valence-electron chi connectivity index (χ3n) is 6.02. The number of para-hydroxylation sites is 2. The van der Waals surface area contributed by atoms with Gasteiger partial charge in [-0.3, -0.25) is 4.90 Å². The molecule has 4 amide bonds. The molecule has 38 heavy (non-hydrogen) atoms. The molecule has 0 radical (unpaired) electrons. The normalized spacial score (nSPS) is 10.4. The molecule has 0 unspecified atom stereocenters. The maximum atomic E-state index is 13.3. The van der Waals surface area contributed by atoms with E-state index in [1.807, 2.05) is 118 Å². The van der Waals surface area contributed by atoms with Crippen LogP contribution >= 0.6 is 0 Å². The lowest BCUT2D eigenvalue weighted by molar-refractivity contribution is 0.250. The lowest BCUT2D eigenvalue weighted by Crippen LogP contribution is -2.42. The zero-order chi connectivity index (χ0) is 26.9. The van der Waals surface area contributed by atoms with E-state index in [0.717, 1.165) is 28.1 Å². The summed E-state index contributed by atoms with van der Waals surface area (Å²) in [5, 5.41) is 8.71. The number of amides is 4. The number of benzene rings is 4. The van der Waals surface area contributed by atoms with Crippen LogP contribution in [0.1, 0.15) is 16.7 Å². The van der Waals surface area contributed by atoms with Gasteiger partial charge in [-0.15, -0.1) is 0 Å². The molecule has 0 saturated carbocycles. The van der Waals surface area contributed by atoms with Gasteiger partial charge in [0.25, 0.3) is 0 Å². The molecule has 0 atom stereocenters. The molecule has 0 aliphatic heterocycles. The lowest BCUT2D eigenvalue weighted by Gasteiger charge is -2.24. The Labute approximate surface area is 223 Å². The highest BCUT2D eigenvalue weighted by atomic mass is 16.5. The van der Waals surface area contributed by atoms with Crippen LogP contribution in [0.15, 0.2) is 97.1 Å². The van der Waals surface area contributed by atoms with Crippen LogP contribution in [0.3, 0.4) is 0 Å². The van der Waals surface area contributed by atoms with Gasteiger partial charge in [-0.1, -0.05) is 54.1 Å². The van der Waals surface area contributed by atoms with Crippen molar-refractivity contribution < 1.29 is 14.3 Å². The fourth-order valence-corrected chi connectivity index (χ4v) is 3.95. The first kappa shape index (κ1) is 26.3. The van der Waals surface area contributed by atoms with Crippen LogP contribution in [0, 0.1) is 20.8 Å². The molecule has 3 N–H and O–H groups in total. The van der Waals surface area contributed by atoms with Crippen molar-refractivity contribution in [2.24, 2.45) is 0 Å². The van der Waals surface area contributed by atoms with E-state index < -0.39 is 0 Å². The third kappa shape index (κ3) is 7.13. The molecule has 0 fully saturated rings. The van der Waals surface area contributed by atoms with Gasteiger partial charge in [-0.2, -0.15) is 0 Å². The van der Waals surface area contributed by atoms with Gasteiger partial charge in [-0.25, -0.2) is 9.59 Å². The number of anilines is 3. The number of carbonyl (C=O) groups is 2. The molecular formula is C31H32N4O3. The minimum atomic E-state index is -0.326. The smallest absolute Gasteiger partial charge is 0.326 e. The first-order chi connectivity index (χ1) is 18.4. The Kier molecular flexibility index (Phi) is 8.61. The molecule has 0 spiro atoms. The fourth-order valence-electron chi connectivity index (χ4n) is 3.95. The van der Waals surface area contributed by atoms with E-state index in [1.165, 1.54) is 0 Å². The molecule has 0 saturated heterocycles. The van der Waals surface area contributed by atoms with E-state index in [9.17, 15) is 9.59 Å². The summed E-state index contributed by atoms with van der Waals surface area (Å²) in [6, 6.07) is 29.6. The maximum Gasteiger partial charge on any atom is 0.326 e. The van der Waals surface area contributed by atoms with Gasteiger partial charge in [0, 0.05) is 30.2 Å². The molecule has 0 bridgehead atoms. The van der Waals surface area contributed by atoms with Gasteiger partial charge in [0.05, 0.1) is 0 Å². The molecular weight excluding hydrogens is 476 g/mol. The average molecular weight is 509 g/mol. The van der Waals surface area contributed by atoms with Crippen molar-refractivity contribution >= 4 is 29.1 Å². The number of aryl methyl sites for hydroxylation is 3. The van der Waals surface area contributed by atoms with E-state index in [1.54, 1.807) is 4.90 Å². The number of ether oxygens (including phenoxy) is 1. The van der Waals surface area contributed by atoms with Crippen molar-refractivity contribution in [1.29, 1.82) is 0 Å². The van der Waals surface area contributed by atoms with E-state index in [2.05, 4.69) is 16.0 Å². The Hall–Kier alpha value is -4.78. The van der Waals surface area contributed by atoms with Gasteiger partial charge < -0.3 is 20.7 Å². The van der Waals surface area contributed by atoms with Crippen LogP contribution in [-0.2, 0) is 0 Å². The summed E-state index contributed by atoms with van der Waals surface area (Å²) in [7, 11) is 0. The second kappa shape index (κ2) is 12.5. The molecule has 0 aromatic heterocycles. The van der Waals surface area contributed by atoms with E-state index >= 15 is 0 Å². The molecule has 0 aliphatic rings. The molecule has 7 nitrogen and oxygen atoms in total. The molecule has 7 heteroatoms. The van der Waals surface area contributed by atoms with E-state index in [4.69, 9.17) is 4.74 Å². The minimum absolute atomic E-state index is 0.250. The standard InChI is InChI=1S/C31H32N4O3/c1-22-12-14-25(15-13-22)33-31(37)35(21-20-32-30(36)34-29-23(2)8-7-9-24(29)3)26-16-18-28(19-17-26)38-27-10-5-4-6-11-27/h4-19H,20-21H2,1-3H3,(H,33,37)(H2,32,34,36). The van der Waals surface area contributed by atoms with Crippen molar-refractivity contribution in [3.05, 3.63) is 114 Å². The minimum Gasteiger partial charge on any atom is -0.457 e. The van der Waals surface area contributed by atoms with Gasteiger partial charge >= 0.3 is 12.1 Å². The predicted octanol–water partition coefficient (Wildman–Crippen LogP) is 7.26. The largest absolute Gasteiger partial charge is 0.457 e. The number of urea groups is 2. The molecule has 4 rings (SSSR count). The number of rotatable bonds is 8. The van der Waals surface area contributed by atoms with E-state index in [-0.39, 0.29) is 25.2 Å². The number of hydrogen-bond acceptors (Lipinski definition) is 3. The summed E-state index contributed by atoms with van der Waals surface area (Å²) in [6.45, 7) is 6.40. The van der Waals surface area contributed by atoms with E-state index in [0.29, 0.717) is 17.1 Å². The van der Waals surface area contributed by atoms with Gasteiger partial charge in [0.15, 0.2) is 0 Å². The summed E-state index contributed by atoms with van der Waals surface area (Å²) in [4.78, 5) is 27.5. The third-order valence-corrected chi connectivity index (χ3v) is 6.02. The molecule has 0 heterocycles. The van der Waals surface area contributed by atoms with Crippen LogP contribution < -0.4 is 25.6 Å². The van der Waals surface area contributed by atoms with Crippen LogP contribution in [0.4, 0.5) is 26.7 Å². The first-order valence-corrected chi connectivity index (χ1v) is 12.5. The zero-order valence-corrected chi connectivity index (χ0v) is 21.8. The van der Waals surface area contributed by atoms with Crippen molar-refractivity contribution in [3.8, 4) is 11.5 Å². The molecule has 4 aromatic rings. The Bertz CT molecular complexity index is 1350. The highest BCUT2D eigenvalue weighted by molar-refractivity contribution is 6.02. The van der Waals surface area contributed by atoms with Crippen molar-refractivity contribution in [1.82, 2.24) is 5.32 Å². The first-order valence-electron chi connectivity index (χ1n) is 12.5. The second-order valence-corrected chi connectivity index (χ2v) is 9.00. The molecule has 194 valence electrons. The summed E-state index contributed by atoms with van der Waals surface area (Å²) in [5.74, 6) is 1.39. The summed E-state index contributed by atoms with van der Waals surface area (Å²) in [5.41, 5.74) is 5.22. The van der Waals surface area contributed by atoms with Crippen molar-refractivity contribution in [2.75, 3.05) is 28.6 Å². The Balaban J connectivity index is 1.44. The quantitative estimate of drug-likeness (QED) is 0.234.